The molecule has 0 radical (unpaired) electrons. The van der Waals surface area contributed by atoms with Crippen LogP contribution in [-0.4, -0.2) is 13.7 Å². The van der Waals surface area contributed by atoms with Crippen molar-refractivity contribution in [3.8, 4) is 0 Å². The monoisotopic (exact) mass is 393 g/mol. The Balaban J connectivity index is 2.30. The van der Waals surface area contributed by atoms with E-state index in [4.69, 9.17) is 0 Å². The lowest BCUT2D eigenvalue weighted by molar-refractivity contribution is 0.449. The molecule has 0 heterocycles. The number of halogens is 4. The average Bonchev–Trinajstić information content (AvgIpc) is 2.49. The Bertz CT molecular complexity index is 779. The molecule has 0 aliphatic carbocycles. The van der Waals surface area contributed by atoms with Crippen LogP contribution < -0.4 is 4.72 Å². The van der Waals surface area contributed by atoms with Gasteiger partial charge in [-0.25, -0.2) is 21.6 Å². The maximum absolute atomic E-state index is 13.5. The quantitative estimate of drug-likeness (QED) is 0.619. The minimum atomic E-state index is -4.09. The first-order valence-corrected chi connectivity index (χ1v) is 8.77. The highest BCUT2D eigenvalue weighted by molar-refractivity contribution is 9.09. The zero-order valence-corrected chi connectivity index (χ0v) is 13.5. The van der Waals surface area contributed by atoms with E-state index in [1.54, 1.807) is 12.1 Å². The summed E-state index contributed by atoms with van der Waals surface area (Å²) in [5, 5.41) is 0.734. The second kappa shape index (κ2) is 6.70. The molecule has 0 atom stereocenters. The van der Waals surface area contributed by atoms with Gasteiger partial charge >= 0.3 is 0 Å². The first-order chi connectivity index (χ1) is 10.3. The number of hydrogen-bond acceptors (Lipinski definition) is 2. The summed E-state index contributed by atoms with van der Waals surface area (Å²) in [5.74, 6) is -4.70. The molecule has 2 aromatic carbocycles. The van der Waals surface area contributed by atoms with Crippen LogP contribution in [0.5, 0.6) is 0 Å². The summed E-state index contributed by atoms with van der Waals surface area (Å²) in [4.78, 5) is -0.102. The van der Waals surface area contributed by atoms with E-state index < -0.39 is 33.2 Å². The third-order valence-electron chi connectivity index (χ3n) is 2.90. The highest BCUT2D eigenvalue weighted by Gasteiger charge is 2.19. The molecule has 2 rings (SSSR count). The van der Waals surface area contributed by atoms with Gasteiger partial charge in [0.2, 0.25) is 0 Å². The van der Waals surface area contributed by atoms with E-state index >= 15 is 0 Å². The van der Waals surface area contributed by atoms with Crippen LogP contribution in [0.1, 0.15) is 5.56 Å². The second-order valence-electron chi connectivity index (χ2n) is 4.41. The van der Waals surface area contributed by atoms with Gasteiger partial charge < -0.3 is 0 Å². The number of alkyl halides is 1. The van der Waals surface area contributed by atoms with Gasteiger partial charge in [-0.05, 0) is 36.2 Å². The van der Waals surface area contributed by atoms with Crippen LogP contribution in [0.2, 0.25) is 0 Å². The molecule has 0 unspecified atom stereocenters. The first kappa shape index (κ1) is 16.8. The summed E-state index contributed by atoms with van der Waals surface area (Å²) in [6.07, 6.45) is 0.728. The Morgan fingerprint density at radius 2 is 1.59 bits per heavy atom. The van der Waals surface area contributed by atoms with Gasteiger partial charge in [0.25, 0.3) is 10.0 Å². The molecular weight excluding hydrogens is 383 g/mol. The summed E-state index contributed by atoms with van der Waals surface area (Å²) in [6, 6.07) is 7.44. The number of hydrogen-bond donors (Lipinski definition) is 1. The maximum Gasteiger partial charge on any atom is 0.261 e. The Morgan fingerprint density at radius 3 is 2.18 bits per heavy atom. The molecule has 3 nitrogen and oxygen atoms in total. The van der Waals surface area contributed by atoms with Gasteiger partial charge in [-0.3, -0.25) is 4.72 Å². The third-order valence-corrected chi connectivity index (χ3v) is 4.67. The summed E-state index contributed by atoms with van der Waals surface area (Å²) < 4.78 is 65.6. The highest BCUT2D eigenvalue weighted by Crippen LogP contribution is 2.23. The number of anilines is 1. The van der Waals surface area contributed by atoms with E-state index in [-0.39, 0.29) is 4.90 Å². The normalized spacial score (nSPS) is 11.5. The van der Waals surface area contributed by atoms with Crippen molar-refractivity contribution in [1.82, 2.24) is 0 Å². The Kier molecular flexibility index (Phi) is 5.12. The van der Waals surface area contributed by atoms with Gasteiger partial charge in [-0.1, -0.05) is 28.1 Å². The molecule has 0 bridgehead atoms. The van der Waals surface area contributed by atoms with Crippen molar-refractivity contribution in [2.75, 3.05) is 10.1 Å². The second-order valence-corrected chi connectivity index (χ2v) is 6.89. The van der Waals surface area contributed by atoms with Crippen molar-refractivity contribution >= 4 is 31.6 Å². The molecule has 0 aromatic heterocycles. The number of aryl methyl sites for hydroxylation is 1. The molecular formula is C14H11BrF3NO2S. The lowest BCUT2D eigenvalue weighted by Crippen LogP contribution is -2.14. The Labute approximate surface area is 134 Å². The molecule has 0 aliphatic rings. The molecule has 0 fully saturated rings. The molecule has 8 heteroatoms. The summed E-state index contributed by atoms with van der Waals surface area (Å²) in [6.45, 7) is 0. The van der Waals surface area contributed by atoms with Crippen molar-refractivity contribution in [2.24, 2.45) is 0 Å². The summed E-state index contributed by atoms with van der Waals surface area (Å²) in [5.41, 5.74) is 0.276. The Hall–Kier alpha value is -1.54. The van der Waals surface area contributed by atoms with E-state index in [1.165, 1.54) is 12.1 Å². The molecule has 0 amide bonds. The fourth-order valence-corrected chi connectivity index (χ4v) is 3.27. The molecule has 22 heavy (non-hydrogen) atoms. The summed E-state index contributed by atoms with van der Waals surface area (Å²) in [7, 11) is -4.09. The molecule has 1 N–H and O–H groups in total. The first-order valence-electron chi connectivity index (χ1n) is 6.16. The third kappa shape index (κ3) is 3.61. The van der Waals surface area contributed by atoms with Gasteiger partial charge in [0.1, 0.15) is 0 Å². The van der Waals surface area contributed by atoms with Gasteiger partial charge in [-0.15, -0.1) is 0 Å². The van der Waals surface area contributed by atoms with E-state index in [9.17, 15) is 21.6 Å². The van der Waals surface area contributed by atoms with Gasteiger partial charge in [0, 0.05) is 5.33 Å². The SMILES string of the molecule is O=S(=O)(Nc1ccc(F)c(F)c1F)c1ccc(CCBr)cc1. The van der Waals surface area contributed by atoms with Crippen LogP contribution in [0.25, 0.3) is 0 Å². The lowest BCUT2D eigenvalue weighted by Gasteiger charge is -2.10. The highest BCUT2D eigenvalue weighted by atomic mass is 79.9. The largest absolute Gasteiger partial charge is 0.277 e. The standard InChI is InChI=1S/C14H11BrF3NO2S/c15-8-7-9-1-3-10(4-2-9)22(20,21)19-12-6-5-11(16)13(17)14(12)18/h1-6,19H,7-8H2. The maximum atomic E-state index is 13.5. The fraction of sp³-hybridized carbons (Fsp3) is 0.143. The van der Waals surface area contributed by atoms with Crippen LogP contribution in [0.15, 0.2) is 41.3 Å². The Morgan fingerprint density at radius 1 is 0.955 bits per heavy atom. The molecule has 0 spiro atoms. The molecule has 118 valence electrons. The number of sulfonamides is 1. The van der Waals surface area contributed by atoms with Gasteiger partial charge in [0.05, 0.1) is 10.6 Å². The minimum absolute atomic E-state index is 0.102. The van der Waals surface area contributed by atoms with Crippen molar-refractivity contribution in [3.63, 3.8) is 0 Å². The van der Waals surface area contributed by atoms with Gasteiger partial charge in [-0.2, -0.15) is 0 Å². The predicted octanol–water partition coefficient (Wildman–Crippen LogP) is 3.84. The van der Waals surface area contributed by atoms with Crippen molar-refractivity contribution in [2.45, 2.75) is 11.3 Å². The van der Waals surface area contributed by atoms with E-state index in [1.807, 2.05) is 4.72 Å². The topological polar surface area (TPSA) is 46.2 Å². The van der Waals surface area contributed by atoms with E-state index in [0.29, 0.717) is 6.07 Å². The van der Waals surface area contributed by atoms with Crippen molar-refractivity contribution in [3.05, 3.63) is 59.4 Å². The van der Waals surface area contributed by atoms with Crippen LogP contribution in [-0.2, 0) is 16.4 Å². The zero-order chi connectivity index (χ0) is 16.3. The number of nitrogens with one attached hydrogen (secondary N) is 1. The van der Waals surface area contributed by atoms with Crippen LogP contribution >= 0.6 is 15.9 Å². The fourth-order valence-electron chi connectivity index (χ4n) is 1.75. The van der Waals surface area contributed by atoms with Crippen molar-refractivity contribution < 1.29 is 21.6 Å². The lowest BCUT2D eigenvalue weighted by atomic mass is 10.2. The molecule has 0 aliphatic heterocycles. The molecule has 0 saturated heterocycles. The van der Waals surface area contributed by atoms with E-state index in [2.05, 4.69) is 15.9 Å². The number of rotatable bonds is 5. The minimum Gasteiger partial charge on any atom is -0.277 e. The molecule has 0 saturated carbocycles. The summed E-state index contributed by atoms with van der Waals surface area (Å²) >= 11 is 3.27. The molecule has 2 aromatic rings. The van der Waals surface area contributed by atoms with Crippen LogP contribution in [0.4, 0.5) is 18.9 Å². The van der Waals surface area contributed by atoms with Crippen LogP contribution in [0.3, 0.4) is 0 Å². The zero-order valence-electron chi connectivity index (χ0n) is 11.1. The van der Waals surface area contributed by atoms with E-state index in [0.717, 1.165) is 23.4 Å². The predicted molar refractivity (Wildman–Crippen MR) is 81.1 cm³/mol. The number of benzene rings is 2. The van der Waals surface area contributed by atoms with Gasteiger partial charge in [0.15, 0.2) is 17.5 Å². The average molecular weight is 394 g/mol. The van der Waals surface area contributed by atoms with Crippen LogP contribution in [0, 0.1) is 17.5 Å². The smallest absolute Gasteiger partial charge is 0.261 e. The van der Waals surface area contributed by atoms with Crippen molar-refractivity contribution in [1.29, 1.82) is 0 Å².